The van der Waals surface area contributed by atoms with Crippen LogP contribution in [-0.4, -0.2) is 28.9 Å². The molecule has 0 amide bonds. The lowest BCUT2D eigenvalue weighted by Gasteiger charge is -2.12. The predicted octanol–water partition coefficient (Wildman–Crippen LogP) is 0.242. The second-order valence-corrected chi connectivity index (χ2v) is 3.54. The Balaban J connectivity index is 2.37. The molecule has 0 spiro atoms. The van der Waals surface area contributed by atoms with E-state index in [1.807, 2.05) is 0 Å². The molecule has 1 aromatic rings. The van der Waals surface area contributed by atoms with E-state index in [4.69, 9.17) is 4.74 Å². The number of fused-ring (bicyclic) bond motifs is 1. The van der Waals surface area contributed by atoms with Crippen molar-refractivity contribution in [1.29, 1.82) is 0 Å². The van der Waals surface area contributed by atoms with Gasteiger partial charge in [0.25, 0.3) is 0 Å². The Hall–Kier alpha value is -1.36. The van der Waals surface area contributed by atoms with Crippen LogP contribution in [0.1, 0.15) is 28.7 Å². The third kappa shape index (κ3) is 1.74. The van der Waals surface area contributed by atoms with Gasteiger partial charge in [0.05, 0.1) is 12.3 Å². The van der Waals surface area contributed by atoms with E-state index < -0.39 is 0 Å². The van der Waals surface area contributed by atoms with E-state index in [0.29, 0.717) is 18.8 Å². The van der Waals surface area contributed by atoms with Gasteiger partial charge in [-0.25, -0.2) is 4.79 Å². The molecule has 0 aliphatic carbocycles. The minimum atomic E-state index is -0.280. The summed E-state index contributed by atoms with van der Waals surface area (Å²) >= 11 is 0. The van der Waals surface area contributed by atoms with Crippen molar-refractivity contribution < 1.29 is 9.53 Å². The van der Waals surface area contributed by atoms with Gasteiger partial charge >= 0.3 is 5.97 Å². The largest absolute Gasteiger partial charge is 0.461 e. The quantitative estimate of drug-likeness (QED) is 0.709. The molecule has 82 valence electrons. The van der Waals surface area contributed by atoms with Gasteiger partial charge in [-0.1, -0.05) is 0 Å². The van der Waals surface area contributed by atoms with Crippen LogP contribution in [0.3, 0.4) is 0 Å². The molecule has 2 rings (SSSR count). The number of aryl methyl sites for hydroxylation is 1. The number of ether oxygens (including phenoxy) is 1. The van der Waals surface area contributed by atoms with E-state index in [0.717, 1.165) is 24.2 Å². The van der Waals surface area contributed by atoms with Gasteiger partial charge in [0.2, 0.25) is 0 Å². The van der Waals surface area contributed by atoms with Crippen molar-refractivity contribution in [3.63, 3.8) is 0 Å². The topological polar surface area (TPSA) is 56.1 Å². The molecule has 2 heterocycles. The summed E-state index contributed by atoms with van der Waals surface area (Å²) in [5, 5.41) is 7.56. The maximum atomic E-state index is 11.7. The zero-order valence-electron chi connectivity index (χ0n) is 9.04. The molecule has 0 unspecified atom stereocenters. The van der Waals surface area contributed by atoms with Crippen LogP contribution in [0.25, 0.3) is 0 Å². The normalized spacial score (nSPS) is 14.8. The molecule has 1 aromatic heterocycles. The number of nitrogens with zero attached hydrogens (tertiary/aromatic N) is 2. The summed E-state index contributed by atoms with van der Waals surface area (Å²) in [5.74, 6) is -0.280. The molecule has 0 aromatic carbocycles. The molecule has 5 heteroatoms. The van der Waals surface area contributed by atoms with Crippen molar-refractivity contribution in [3.8, 4) is 0 Å². The number of rotatable bonds is 2. The molecule has 0 fully saturated rings. The first-order valence-corrected chi connectivity index (χ1v) is 5.16. The van der Waals surface area contributed by atoms with Gasteiger partial charge in [-0.2, -0.15) is 5.10 Å². The SMILES string of the molecule is CCOC(=O)c1c2c(nn1C)CCNC2. The Morgan fingerprint density at radius 3 is 3.20 bits per heavy atom. The summed E-state index contributed by atoms with van der Waals surface area (Å²) in [5.41, 5.74) is 2.58. The fourth-order valence-corrected chi connectivity index (χ4v) is 1.88. The molecule has 0 saturated heterocycles. The molecular weight excluding hydrogens is 194 g/mol. The fourth-order valence-electron chi connectivity index (χ4n) is 1.88. The third-order valence-corrected chi connectivity index (χ3v) is 2.54. The van der Waals surface area contributed by atoms with Gasteiger partial charge in [0.15, 0.2) is 5.69 Å². The number of hydrogen-bond acceptors (Lipinski definition) is 4. The number of carbonyl (C=O) groups excluding carboxylic acids is 1. The Morgan fingerprint density at radius 2 is 2.47 bits per heavy atom. The van der Waals surface area contributed by atoms with E-state index in [2.05, 4.69) is 10.4 Å². The average molecular weight is 209 g/mol. The van der Waals surface area contributed by atoms with Crippen LogP contribution in [-0.2, 0) is 24.8 Å². The second kappa shape index (κ2) is 4.02. The van der Waals surface area contributed by atoms with E-state index in [-0.39, 0.29) is 5.97 Å². The lowest BCUT2D eigenvalue weighted by Crippen LogP contribution is -2.24. The first-order chi connectivity index (χ1) is 7.24. The standard InChI is InChI=1S/C10H15N3O2/c1-3-15-10(14)9-7-6-11-5-4-8(7)12-13(9)2/h11H,3-6H2,1-2H3. The lowest BCUT2D eigenvalue weighted by atomic mass is 10.1. The van der Waals surface area contributed by atoms with E-state index in [1.165, 1.54) is 0 Å². The highest BCUT2D eigenvalue weighted by Crippen LogP contribution is 2.18. The minimum absolute atomic E-state index is 0.280. The predicted molar refractivity (Wildman–Crippen MR) is 54.6 cm³/mol. The number of esters is 1. The maximum Gasteiger partial charge on any atom is 0.356 e. The number of nitrogens with one attached hydrogen (secondary N) is 1. The van der Waals surface area contributed by atoms with Gasteiger partial charge in [0.1, 0.15) is 0 Å². The van der Waals surface area contributed by atoms with Crippen molar-refractivity contribution in [2.45, 2.75) is 19.9 Å². The molecular formula is C10H15N3O2. The highest BCUT2D eigenvalue weighted by atomic mass is 16.5. The lowest BCUT2D eigenvalue weighted by molar-refractivity contribution is 0.0512. The molecule has 15 heavy (non-hydrogen) atoms. The first kappa shape index (κ1) is 10.2. The molecule has 0 atom stereocenters. The monoisotopic (exact) mass is 209 g/mol. The molecule has 1 aliphatic rings. The van der Waals surface area contributed by atoms with Crippen molar-refractivity contribution in [3.05, 3.63) is 17.0 Å². The van der Waals surface area contributed by atoms with Crippen LogP contribution in [0.5, 0.6) is 0 Å². The summed E-state index contributed by atoms with van der Waals surface area (Å²) in [6.45, 7) is 3.83. The number of aromatic nitrogens is 2. The van der Waals surface area contributed by atoms with Crippen LogP contribution < -0.4 is 5.32 Å². The zero-order chi connectivity index (χ0) is 10.8. The van der Waals surface area contributed by atoms with Crippen LogP contribution in [0.15, 0.2) is 0 Å². The molecule has 1 aliphatic heterocycles. The molecule has 1 N–H and O–H groups in total. The Morgan fingerprint density at radius 1 is 1.67 bits per heavy atom. The van der Waals surface area contributed by atoms with Gasteiger partial charge in [-0.3, -0.25) is 4.68 Å². The Kier molecular flexibility index (Phi) is 2.73. The Labute approximate surface area is 88.4 Å². The summed E-state index contributed by atoms with van der Waals surface area (Å²) in [6.07, 6.45) is 0.878. The first-order valence-electron chi connectivity index (χ1n) is 5.16. The highest BCUT2D eigenvalue weighted by molar-refractivity contribution is 5.89. The Bertz CT molecular complexity index is 384. The average Bonchev–Trinajstić information content (AvgIpc) is 2.54. The number of hydrogen-bond donors (Lipinski definition) is 1. The van der Waals surface area contributed by atoms with Crippen LogP contribution in [0.4, 0.5) is 0 Å². The summed E-state index contributed by atoms with van der Waals surface area (Å²) in [6, 6.07) is 0. The third-order valence-electron chi connectivity index (χ3n) is 2.54. The van der Waals surface area contributed by atoms with Crippen molar-refractivity contribution >= 4 is 5.97 Å². The molecule has 0 bridgehead atoms. The van der Waals surface area contributed by atoms with E-state index >= 15 is 0 Å². The summed E-state index contributed by atoms with van der Waals surface area (Å²) < 4.78 is 6.63. The van der Waals surface area contributed by atoms with Gasteiger partial charge in [-0.05, 0) is 6.92 Å². The number of carbonyl (C=O) groups is 1. The van der Waals surface area contributed by atoms with Crippen LogP contribution in [0, 0.1) is 0 Å². The fraction of sp³-hybridized carbons (Fsp3) is 0.600. The van der Waals surface area contributed by atoms with Crippen molar-refractivity contribution in [1.82, 2.24) is 15.1 Å². The van der Waals surface area contributed by atoms with E-state index in [9.17, 15) is 4.79 Å². The van der Waals surface area contributed by atoms with Gasteiger partial charge in [-0.15, -0.1) is 0 Å². The van der Waals surface area contributed by atoms with Crippen LogP contribution >= 0.6 is 0 Å². The van der Waals surface area contributed by atoms with Gasteiger partial charge < -0.3 is 10.1 Å². The van der Waals surface area contributed by atoms with E-state index in [1.54, 1.807) is 18.7 Å². The second-order valence-electron chi connectivity index (χ2n) is 3.54. The van der Waals surface area contributed by atoms with Crippen LogP contribution in [0.2, 0.25) is 0 Å². The van der Waals surface area contributed by atoms with Crippen molar-refractivity contribution in [2.24, 2.45) is 7.05 Å². The maximum absolute atomic E-state index is 11.7. The summed E-state index contributed by atoms with van der Waals surface area (Å²) in [4.78, 5) is 11.7. The molecule has 5 nitrogen and oxygen atoms in total. The van der Waals surface area contributed by atoms with Crippen molar-refractivity contribution in [2.75, 3.05) is 13.2 Å². The molecule has 0 radical (unpaired) electrons. The van der Waals surface area contributed by atoms with Gasteiger partial charge in [0, 0.05) is 32.1 Å². The zero-order valence-corrected chi connectivity index (χ0v) is 9.04. The highest BCUT2D eigenvalue weighted by Gasteiger charge is 2.24. The smallest absolute Gasteiger partial charge is 0.356 e. The minimum Gasteiger partial charge on any atom is -0.461 e. The summed E-state index contributed by atoms with van der Waals surface area (Å²) in [7, 11) is 1.78. The molecule has 0 saturated carbocycles.